The maximum Gasteiger partial charge on any atom is 0.327 e. The maximum atomic E-state index is 12.9. The predicted octanol–water partition coefficient (Wildman–Crippen LogP) is 6.86. The number of aromatic hydroxyl groups is 1. The van der Waals surface area contributed by atoms with Crippen LogP contribution in [-0.4, -0.2) is 47.4 Å². The van der Waals surface area contributed by atoms with E-state index < -0.39 is 11.1 Å². The van der Waals surface area contributed by atoms with Crippen LogP contribution in [-0.2, 0) is 57.8 Å². The Labute approximate surface area is 302 Å². The molecule has 3 N–H and O–H groups in total. The zero-order valence-corrected chi connectivity index (χ0v) is 30.8. The van der Waals surface area contributed by atoms with E-state index in [-0.39, 0.29) is 23.8 Å². The highest BCUT2D eigenvalue weighted by Gasteiger charge is 2.46. The zero-order valence-electron chi connectivity index (χ0n) is 30.8. The summed E-state index contributed by atoms with van der Waals surface area (Å²) >= 11 is 0. The summed E-state index contributed by atoms with van der Waals surface area (Å²) in [6, 6.07) is 28.1. The van der Waals surface area contributed by atoms with Crippen LogP contribution in [0.1, 0.15) is 72.2 Å². The minimum Gasteiger partial charge on any atom is -0.507 e. The van der Waals surface area contributed by atoms with Gasteiger partial charge >= 0.3 is 11.9 Å². The third-order valence-corrected chi connectivity index (χ3v) is 9.74. The second-order valence-electron chi connectivity index (χ2n) is 13.9. The standard InChI is InChI=1S/C23H29NO3.C20H23NO3/c1-5-26-22(25)23(13-18-10-6-7-11-19(18)14-23)24-15-20-12-8-9-17(4)21(20)27-16(2)3;1-3-24-19(23)20(11-15-8-4-5-9-16(15)12-20)21-13-17-10-6-7-14(2)18(17)22/h6-12,16,24H,5,13-15H2,1-4H3;4-10,21-22H,3,11-13H2,1-2H3. The van der Waals surface area contributed by atoms with Crippen molar-refractivity contribution in [2.75, 3.05) is 13.2 Å². The molecule has 270 valence electrons. The molecule has 51 heavy (non-hydrogen) atoms. The van der Waals surface area contributed by atoms with Crippen molar-refractivity contribution in [2.45, 2.75) is 97.5 Å². The molecular formula is C43H52N2O6. The average molecular weight is 693 g/mol. The van der Waals surface area contributed by atoms with E-state index in [1.165, 1.54) is 22.3 Å². The number of carbonyl (C=O) groups is 2. The quantitative estimate of drug-likeness (QED) is 0.138. The van der Waals surface area contributed by atoms with Gasteiger partial charge < -0.3 is 19.3 Å². The van der Waals surface area contributed by atoms with Crippen molar-refractivity contribution in [1.82, 2.24) is 10.6 Å². The minimum absolute atomic E-state index is 0.0969. The number of phenols is 1. The average Bonchev–Trinajstić information content (AvgIpc) is 3.70. The van der Waals surface area contributed by atoms with Crippen molar-refractivity contribution in [2.24, 2.45) is 0 Å². The lowest BCUT2D eigenvalue weighted by atomic mass is 9.95. The van der Waals surface area contributed by atoms with E-state index in [1.807, 2.05) is 96.1 Å². The molecule has 2 aliphatic rings. The summed E-state index contributed by atoms with van der Waals surface area (Å²) in [6.45, 7) is 13.3. The molecule has 0 saturated carbocycles. The Bertz CT molecular complexity index is 1780. The van der Waals surface area contributed by atoms with Crippen LogP contribution in [0, 0.1) is 13.8 Å². The first kappa shape index (κ1) is 37.6. The summed E-state index contributed by atoms with van der Waals surface area (Å²) in [4.78, 5) is 25.5. The molecule has 0 bridgehead atoms. The topological polar surface area (TPSA) is 106 Å². The molecule has 8 nitrogen and oxygen atoms in total. The molecule has 4 aromatic rings. The molecule has 6 rings (SSSR count). The smallest absolute Gasteiger partial charge is 0.327 e. The zero-order chi connectivity index (χ0) is 36.6. The molecule has 4 aromatic carbocycles. The van der Waals surface area contributed by atoms with Gasteiger partial charge in [-0.2, -0.15) is 0 Å². The fourth-order valence-corrected chi connectivity index (χ4v) is 7.10. The second kappa shape index (κ2) is 16.6. The van der Waals surface area contributed by atoms with E-state index >= 15 is 0 Å². The summed E-state index contributed by atoms with van der Waals surface area (Å²) < 4.78 is 16.8. The van der Waals surface area contributed by atoms with Gasteiger partial charge in [0, 0.05) is 49.9 Å². The Kier molecular flexibility index (Phi) is 12.2. The molecule has 8 heteroatoms. The minimum atomic E-state index is -0.768. The van der Waals surface area contributed by atoms with Crippen molar-refractivity contribution in [1.29, 1.82) is 0 Å². The van der Waals surface area contributed by atoms with Gasteiger partial charge in [-0.3, -0.25) is 20.2 Å². The van der Waals surface area contributed by atoms with Crippen molar-refractivity contribution >= 4 is 11.9 Å². The van der Waals surface area contributed by atoms with Gasteiger partial charge in [0.1, 0.15) is 22.6 Å². The van der Waals surface area contributed by atoms with E-state index in [0.717, 1.165) is 28.0 Å². The Balaban J connectivity index is 0.000000199. The summed E-state index contributed by atoms with van der Waals surface area (Å²) in [7, 11) is 0. The number of carbonyl (C=O) groups excluding carboxylic acids is 2. The van der Waals surface area contributed by atoms with Crippen LogP contribution < -0.4 is 15.4 Å². The molecule has 2 aliphatic carbocycles. The van der Waals surface area contributed by atoms with Crippen molar-refractivity contribution < 1.29 is 28.9 Å². The van der Waals surface area contributed by atoms with Gasteiger partial charge in [0.2, 0.25) is 0 Å². The number of ether oxygens (including phenoxy) is 3. The number of esters is 2. The highest BCUT2D eigenvalue weighted by Crippen LogP contribution is 2.34. The first-order valence-corrected chi connectivity index (χ1v) is 18.0. The van der Waals surface area contributed by atoms with Crippen molar-refractivity contribution in [3.05, 3.63) is 129 Å². The Morgan fingerprint density at radius 1 is 0.647 bits per heavy atom. The first-order valence-electron chi connectivity index (χ1n) is 18.0. The van der Waals surface area contributed by atoms with Gasteiger partial charge in [-0.1, -0.05) is 84.9 Å². The van der Waals surface area contributed by atoms with Crippen LogP contribution in [0.3, 0.4) is 0 Å². The van der Waals surface area contributed by atoms with E-state index in [1.54, 1.807) is 0 Å². The fraction of sp³-hybridized carbons (Fsp3) is 0.395. The fourth-order valence-electron chi connectivity index (χ4n) is 7.10. The lowest BCUT2D eigenvalue weighted by molar-refractivity contribution is -0.151. The number of para-hydroxylation sites is 2. The number of aryl methyl sites for hydroxylation is 2. The van der Waals surface area contributed by atoms with Crippen LogP contribution in [0.5, 0.6) is 11.5 Å². The molecule has 0 aromatic heterocycles. The molecule has 0 unspecified atom stereocenters. The monoisotopic (exact) mass is 692 g/mol. The number of hydrogen-bond acceptors (Lipinski definition) is 8. The van der Waals surface area contributed by atoms with Crippen LogP contribution in [0.2, 0.25) is 0 Å². The van der Waals surface area contributed by atoms with E-state index in [4.69, 9.17) is 14.2 Å². The third-order valence-electron chi connectivity index (χ3n) is 9.74. The number of benzene rings is 4. The van der Waals surface area contributed by atoms with Gasteiger partial charge in [0.15, 0.2) is 0 Å². The van der Waals surface area contributed by atoms with Gasteiger partial charge in [0.05, 0.1) is 19.3 Å². The Morgan fingerprint density at radius 2 is 1.06 bits per heavy atom. The van der Waals surface area contributed by atoms with Gasteiger partial charge in [-0.05, 0) is 74.9 Å². The highest BCUT2D eigenvalue weighted by molar-refractivity contribution is 5.84. The number of hydrogen-bond donors (Lipinski definition) is 3. The number of rotatable bonds is 12. The lowest BCUT2D eigenvalue weighted by Crippen LogP contribution is -2.53. The Morgan fingerprint density at radius 3 is 1.49 bits per heavy atom. The maximum absolute atomic E-state index is 12.9. The molecule has 0 radical (unpaired) electrons. The number of nitrogens with one attached hydrogen (secondary N) is 2. The normalized spacial score (nSPS) is 15.0. The predicted molar refractivity (Wildman–Crippen MR) is 200 cm³/mol. The molecule has 0 amide bonds. The van der Waals surface area contributed by atoms with Crippen LogP contribution in [0.15, 0.2) is 84.9 Å². The van der Waals surface area contributed by atoms with E-state index in [2.05, 4.69) is 41.0 Å². The molecule has 0 atom stereocenters. The highest BCUT2D eigenvalue weighted by atomic mass is 16.5. The lowest BCUT2D eigenvalue weighted by Gasteiger charge is -2.29. The van der Waals surface area contributed by atoms with Crippen LogP contribution in [0.25, 0.3) is 0 Å². The SMILES string of the molecule is CCOC(=O)C1(NCc2cccc(C)c2O)Cc2ccccc2C1.CCOC(=O)C1(NCc2cccc(C)c2OC(C)C)Cc2ccccc2C1. The summed E-state index contributed by atoms with van der Waals surface area (Å²) in [5, 5.41) is 17.1. The van der Waals surface area contributed by atoms with Crippen molar-refractivity contribution in [3.63, 3.8) is 0 Å². The summed E-state index contributed by atoms with van der Waals surface area (Å²) in [5.41, 5.74) is 7.05. The van der Waals surface area contributed by atoms with E-state index in [0.29, 0.717) is 52.0 Å². The van der Waals surface area contributed by atoms with Gasteiger partial charge in [-0.15, -0.1) is 0 Å². The number of fused-ring (bicyclic) bond motifs is 2. The third kappa shape index (κ3) is 8.63. The number of phenolic OH excluding ortho intramolecular Hbond substituents is 1. The molecule has 0 saturated heterocycles. The van der Waals surface area contributed by atoms with Gasteiger partial charge in [-0.25, -0.2) is 0 Å². The van der Waals surface area contributed by atoms with Crippen LogP contribution >= 0.6 is 0 Å². The van der Waals surface area contributed by atoms with Gasteiger partial charge in [0.25, 0.3) is 0 Å². The molecule has 0 spiro atoms. The van der Waals surface area contributed by atoms with Crippen LogP contribution in [0.4, 0.5) is 0 Å². The van der Waals surface area contributed by atoms with Crippen molar-refractivity contribution in [3.8, 4) is 11.5 Å². The Hall–Kier alpha value is -4.66. The molecule has 0 heterocycles. The van der Waals surface area contributed by atoms with E-state index in [9.17, 15) is 14.7 Å². The first-order chi connectivity index (χ1) is 24.5. The second-order valence-corrected chi connectivity index (χ2v) is 13.9. The molecular weight excluding hydrogens is 640 g/mol. The largest absolute Gasteiger partial charge is 0.507 e. The summed E-state index contributed by atoms with van der Waals surface area (Å²) in [5.74, 6) is 0.766. The molecule has 0 fully saturated rings. The molecule has 0 aliphatic heterocycles. The summed E-state index contributed by atoms with van der Waals surface area (Å²) in [6.07, 6.45) is 2.60.